The van der Waals surface area contributed by atoms with E-state index in [9.17, 15) is 0 Å². The van der Waals surface area contributed by atoms with Gasteiger partial charge in [0.25, 0.3) is 0 Å². The van der Waals surface area contributed by atoms with E-state index >= 15 is 0 Å². The van der Waals surface area contributed by atoms with Crippen LogP contribution in [0.1, 0.15) is 18.4 Å². The van der Waals surface area contributed by atoms with Gasteiger partial charge in [0, 0.05) is 5.41 Å². The molecule has 0 saturated heterocycles. The van der Waals surface area contributed by atoms with Crippen LogP contribution in [0.3, 0.4) is 0 Å². The van der Waals surface area contributed by atoms with Crippen LogP contribution in [0.4, 0.5) is 0 Å². The maximum absolute atomic E-state index is 5.72. The van der Waals surface area contributed by atoms with Gasteiger partial charge in [0.1, 0.15) is 0 Å². The van der Waals surface area contributed by atoms with E-state index in [1.807, 2.05) is 0 Å². The average Bonchev–Trinajstić information content (AvgIpc) is 2.32. The lowest BCUT2D eigenvalue weighted by Crippen LogP contribution is -2.27. The molecule has 0 saturated carbocycles. The molecule has 0 amide bonds. The summed E-state index contributed by atoms with van der Waals surface area (Å²) >= 11 is 0. The van der Waals surface area contributed by atoms with Crippen LogP contribution in [0.5, 0.6) is 0 Å². The van der Waals surface area contributed by atoms with Crippen LogP contribution >= 0.6 is 0 Å². The standard InChI is InChI=1S/C14H17N/c15-12-11-14(9-5-2-6-10-14)13-7-3-1-4-8-13/h1-9H,10-12,15H2. The quantitative estimate of drug-likeness (QED) is 0.796. The Bertz CT molecular complexity index is 364. The van der Waals surface area contributed by atoms with Crippen LogP contribution < -0.4 is 5.73 Å². The van der Waals surface area contributed by atoms with Gasteiger partial charge in [-0.3, -0.25) is 0 Å². The van der Waals surface area contributed by atoms with Crippen molar-refractivity contribution in [2.45, 2.75) is 18.3 Å². The first kappa shape index (κ1) is 10.2. The van der Waals surface area contributed by atoms with E-state index in [2.05, 4.69) is 54.6 Å². The maximum atomic E-state index is 5.72. The van der Waals surface area contributed by atoms with Crippen molar-refractivity contribution in [3.63, 3.8) is 0 Å². The predicted octanol–water partition coefficient (Wildman–Crippen LogP) is 2.79. The molecular formula is C14H17N. The highest BCUT2D eigenvalue weighted by atomic mass is 14.5. The van der Waals surface area contributed by atoms with Crippen molar-refractivity contribution in [1.29, 1.82) is 0 Å². The third kappa shape index (κ3) is 2.02. The van der Waals surface area contributed by atoms with Gasteiger partial charge >= 0.3 is 0 Å². The second-order valence-electron chi connectivity index (χ2n) is 4.05. The highest BCUT2D eigenvalue weighted by Crippen LogP contribution is 2.35. The van der Waals surface area contributed by atoms with Gasteiger partial charge in [0.15, 0.2) is 0 Å². The van der Waals surface area contributed by atoms with E-state index in [0.29, 0.717) is 0 Å². The molecule has 1 aliphatic carbocycles. The van der Waals surface area contributed by atoms with Crippen LogP contribution in [-0.4, -0.2) is 6.54 Å². The van der Waals surface area contributed by atoms with Gasteiger partial charge in [-0.25, -0.2) is 0 Å². The molecule has 0 aromatic heterocycles. The Morgan fingerprint density at radius 2 is 1.93 bits per heavy atom. The molecule has 1 heteroatoms. The minimum absolute atomic E-state index is 0.130. The fraction of sp³-hybridized carbons (Fsp3) is 0.286. The first-order valence-electron chi connectivity index (χ1n) is 5.47. The van der Waals surface area contributed by atoms with Gasteiger partial charge < -0.3 is 5.73 Å². The van der Waals surface area contributed by atoms with E-state index in [1.54, 1.807) is 0 Å². The smallest absolute Gasteiger partial charge is 0.0181 e. The summed E-state index contributed by atoms with van der Waals surface area (Å²) in [5.74, 6) is 0. The zero-order chi connectivity index (χ0) is 10.6. The molecule has 0 spiro atoms. The fourth-order valence-corrected chi connectivity index (χ4v) is 2.24. The second-order valence-corrected chi connectivity index (χ2v) is 4.05. The Labute approximate surface area is 91.3 Å². The molecule has 78 valence electrons. The van der Waals surface area contributed by atoms with Gasteiger partial charge in [-0.05, 0) is 24.9 Å². The zero-order valence-electron chi connectivity index (χ0n) is 8.89. The molecule has 15 heavy (non-hydrogen) atoms. The molecule has 2 rings (SSSR count). The minimum Gasteiger partial charge on any atom is -0.330 e. The van der Waals surface area contributed by atoms with Crippen LogP contribution in [0.2, 0.25) is 0 Å². The summed E-state index contributed by atoms with van der Waals surface area (Å²) in [6.45, 7) is 0.729. The number of hydrogen-bond donors (Lipinski definition) is 1. The summed E-state index contributed by atoms with van der Waals surface area (Å²) in [6.07, 6.45) is 10.8. The van der Waals surface area contributed by atoms with E-state index in [-0.39, 0.29) is 5.41 Å². The summed E-state index contributed by atoms with van der Waals surface area (Å²) in [6, 6.07) is 10.6. The van der Waals surface area contributed by atoms with Crippen molar-refractivity contribution < 1.29 is 0 Å². The van der Waals surface area contributed by atoms with Crippen molar-refractivity contribution in [3.05, 3.63) is 60.2 Å². The third-order valence-corrected chi connectivity index (χ3v) is 3.08. The second kappa shape index (κ2) is 4.45. The summed E-state index contributed by atoms with van der Waals surface area (Å²) < 4.78 is 0. The van der Waals surface area contributed by atoms with E-state index in [0.717, 1.165) is 19.4 Å². The highest BCUT2D eigenvalue weighted by molar-refractivity contribution is 5.35. The zero-order valence-corrected chi connectivity index (χ0v) is 8.89. The Hall–Kier alpha value is -1.34. The largest absolute Gasteiger partial charge is 0.330 e. The molecule has 1 unspecified atom stereocenters. The van der Waals surface area contributed by atoms with Crippen molar-refractivity contribution in [3.8, 4) is 0 Å². The lowest BCUT2D eigenvalue weighted by Gasteiger charge is -2.31. The summed E-state index contributed by atoms with van der Waals surface area (Å²) in [5.41, 5.74) is 7.22. The first-order valence-corrected chi connectivity index (χ1v) is 5.47. The van der Waals surface area contributed by atoms with E-state index in [4.69, 9.17) is 5.73 Å². The summed E-state index contributed by atoms with van der Waals surface area (Å²) in [7, 11) is 0. The molecule has 0 radical (unpaired) electrons. The Morgan fingerprint density at radius 1 is 1.13 bits per heavy atom. The summed E-state index contributed by atoms with van der Waals surface area (Å²) in [4.78, 5) is 0. The van der Waals surface area contributed by atoms with Gasteiger partial charge in [-0.1, -0.05) is 54.6 Å². The maximum Gasteiger partial charge on any atom is 0.0181 e. The Balaban J connectivity index is 2.35. The molecule has 0 fully saturated rings. The molecule has 0 aliphatic heterocycles. The number of allylic oxidation sites excluding steroid dienone is 4. The van der Waals surface area contributed by atoms with Crippen LogP contribution in [0, 0.1) is 0 Å². The fourth-order valence-electron chi connectivity index (χ4n) is 2.24. The molecule has 1 aromatic rings. The number of rotatable bonds is 3. The molecular weight excluding hydrogens is 182 g/mol. The van der Waals surface area contributed by atoms with Crippen molar-refractivity contribution in [2.24, 2.45) is 5.73 Å². The molecule has 1 atom stereocenters. The molecule has 1 aliphatic rings. The number of nitrogens with two attached hydrogens (primary N) is 1. The van der Waals surface area contributed by atoms with Gasteiger partial charge in [-0.15, -0.1) is 0 Å². The van der Waals surface area contributed by atoms with Gasteiger partial charge in [0.2, 0.25) is 0 Å². The molecule has 0 heterocycles. The summed E-state index contributed by atoms with van der Waals surface area (Å²) in [5, 5.41) is 0. The minimum atomic E-state index is 0.130. The molecule has 2 N–H and O–H groups in total. The molecule has 1 nitrogen and oxygen atoms in total. The van der Waals surface area contributed by atoms with Crippen molar-refractivity contribution in [2.75, 3.05) is 6.54 Å². The highest BCUT2D eigenvalue weighted by Gasteiger charge is 2.27. The third-order valence-electron chi connectivity index (χ3n) is 3.08. The van der Waals surface area contributed by atoms with Gasteiger partial charge in [0.05, 0.1) is 0 Å². The monoisotopic (exact) mass is 199 g/mol. The first-order chi connectivity index (χ1) is 7.37. The number of benzene rings is 1. The Kier molecular flexibility index (Phi) is 3.02. The van der Waals surface area contributed by atoms with Crippen molar-refractivity contribution >= 4 is 0 Å². The SMILES string of the molecule is NCCC1(c2ccccc2)C=CC=CC1. The number of hydrogen-bond acceptors (Lipinski definition) is 1. The van der Waals surface area contributed by atoms with Gasteiger partial charge in [-0.2, -0.15) is 0 Å². The molecule has 0 bridgehead atoms. The average molecular weight is 199 g/mol. The topological polar surface area (TPSA) is 26.0 Å². The van der Waals surface area contributed by atoms with E-state index in [1.165, 1.54) is 5.56 Å². The lowest BCUT2D eigenvalue weighted by atomic mass is 9.73. The Morgan fingerprint density at radius 3 is 2.53 bits per heavy atom. The van der Waals surface area contributed by atoms with E-state index < -0.39 is 0 Å². The lowest BCUT2D eigenvalue weighted by molar-refractivity contribution is 0.499. The predicted molar refractivity (Wildman–Crippen MR) is 64.7 cm³/mol. The molecule has 1 aromatic carbocycles. The van der Waals surface area contributed by atoms with Crippen LogP contribution in [0.25, 0.3) is 0 Å². The normalized spacial score (nSPS) is 24.3. The van der Waals surface area contributed by atoms with Crippen LogP contribution in [-0.2, 0) is 5.41 Å². The van der Waals surface area contributed by atoms with Crippen molar-refractivity contribution in [1.82, 2.24) is 0 Å². The van der Waals surface area contributed by atoms with Crippen LogP contribution in [0.15, 0.2) is 54.6 Å².